The van der Waals surface area contributed by atoms with E-state index >= 15 is 0 Å². The number of rotatable bonds is 11. The Morgan fingerprint density at radius 2 is 1.00 bits per heavy atom. The molecular formula is C20H38O10. The molecule has 10 atom stereocenters. The number of ether oxygens (including phenoxy) is 10. The van der Waals surface area contributed by atoms with Crippen LogP contribution in [0, 0.1) is 0 Å². The predicted molar refractivity (Wildman–Crippen MR) is 106 cm³/mol. The summed E-state index contributed by atoms with van der Waals surface area (Å²) >= 11 is 0. The van der Waals surface area contributed by atoms with Crippen LogP contribution in [0.25, 0.3) is 0 Å². The zero-order chi connectivity index (χ0) is 22.3. The molecule has 0 aromatic rings. The van der Waals surface area contributed by atoms with E-state index in [-0.39, 0.29) is 24.4 Å². The van der Waals surface area contributed by atoms with Crippen LogP contribution in [0.5, 0.6) is 0 Å². The monoisotopic (exact) mass is 438 g/mol. The molecule has 10 unspecified atom stereocenters. The van der Waals surface area contributed by atoms with Gasteiger partial charge in [0.15, 0.2) is 6.29 Å². The lowest BCUT2D eigenvalue weighted by Crippen LogP contribution is -2.65. The molecule has 0 bridgehead atoms. The van der Waals surface area contributed by atoms with Crippen molar-refractivity contribution in [3.05, 3.63) is 0 Å². The van der Waals surface area contributed by atoms with Crippen molar-refractivity contribution in [2.24, 2.45) is 0 Å². The van der Waals surface area contributed by atoms with Crippen molar-refractivity contribution in [2.45, 2.75) is 68.1 Å². The van der Waals surface area contributed by atoms with Crippen molar-refractivity contribution >= 4 is 0 Å². The minimum absolute atomic E-state index is 0.198. The summed E-state index contributed by atoms with van der Waals surface area (Å²) in [7, 11) is 11.2. The third kappa shape index (κ3) is 5.50. The van der Waals surface area contributed by atoms with Crippen LogP contribution in [0.1, 0.15) is 6.92 Å². The first-order chi connectivity index (χ1) is 14.5. The van der Waals surface area contributed by atoms with Gasteiger partial charge in [-0.1, -0.05) is 0 Å². The van der Waals surface area contributed by atoms with Gasteiger partial charge in [-0.15, -0.1) is 0 Å². The molecule has 178 valence electrons. The highest BCUT2D eigenvalue weighted by atomic mass is 16.7. The Labute approximate surface area is 179 Å². The average Bonchev–Trinajstić information content (AvgIpc) is 2.74. The zero-order valence-corrected chi connectivity index (χ0v) is 19.3. The molecular weight excluding hydrogens is 400 g/mol. The van der Waals surface area contributed by atoms with E-state index in [4.69, 9.17) is 47.4 Å². The molecule has 2 aliphatic rings. The first-order valence-electron chi connectivity index (χ1n) is 10.1. The van der Waals surface area contributed by atoms with Crippen LogP contribution >= 0.6 is 0 Å². The lowest BCUT2D eigenvalue weighted by Gasteiger charge is -2.49. The molecule has 0 aromatic carbocycles. The standard InChI is InChI=1S/C20H38O10/c1-11-14(23-4)17(25-6)16(13(28-11)10-22-3)30-20-19(27-8)18(26-7)15(24-5)12(29-20)9-21-2/h11-20H,9-10H2,1-8H3. The Morgan fingerprint density at radius 1 is 0.533 bits per heavy atom. The molecule has 0 N–H and O–H groups in total. The fourth-order valence-corrected chi connectivity index (χ4v) is 4.40. The Bertz CT molecular complexity index is 481. The van der Waals surface area contributed by atoms with E-state index < -0.39 is 36.8 Å². The van der Waals surface area contributed by atoms with Crippen molar-refractivity contribution in [3.63, 3.8) is 0 Å². The van der Waals surface area contributed by atoms with Crippen molar-refractivity contribution in [2.75, 3.05) is 63.0 Å². The van der Waals surface area contributed by atoms with Gasteiger partial charge < -0.3 is 47.4 Å². The highest BCUT2D eigenvalue weighted by Crippen LogP contribution is 2.33. The SMILES string of the molecule is COCC1OC(C)C(OC)C(OC)C1OC1OC(COC)C(OC)C(OC)C1OC. The Hall–Kier alpha value is -0.400. The zero-order valence-electron chi connectivity index (χ0n) is 19.3. The van der Waals surface area contributed by atoms with Gasteiger partial charge in [0, 0.05) is 49.8 Å². The Balaban J connectivity index is 2.31. The lowest BCUT2D eigenvalue weighted by atomic mass is 9.94. The van der Waals surface area contributed by atoms with E-state index in [1.807, 2.05) is 6.92 Å². The van der Waals surface area contributed by atoms with Crippen LogP contribution in [-0.2, 0) is 47.4 Å². The number of hydrogen-bond donors (Lipinski definition) is 0. The molecule has 10 heteroatoms. The molecule has 0 amide bonds. The second-order valence-electron chi connectivity index (χ2n) is 7.44. The molecule has 0 radical (unpaired) electrons. The van der Waals surface area contributed by atoms with E-state index in [0.29, 0.717) is 13.2 Å². The Kier molecular flexibility index (Phi) is 10.9. The maximum atomic E-state index is 6.44. The fraction of sp³-hybridized carbons (Fsp3) is 1.00. The van der Waals surface area contributed by atoms with E-state index in [1.54, 1.807) is 49.8 Å². The number of methoxy groups -OCH3 is 7. The highest BCUT2D eigenvalue weighted by molar-refractivity contribution is 4.97. The molecule has 0 spiro atoms. The van der Waals surface area contributed by atoms with Crippen molar-refractivity contribution < 1.29 is 47.4 Å². The van der Waals surface area contributed by atoms with Crippen LogP contribution in [0.2, 0.25) is 0 Å². The van der Waals surface area contributed by atoms with Crippen LogP contribution in [0.4, 0.5) is 0 Å². The Morgan fingerprint density at radius 3 is 1.47 bits per heavy atom. The molecule has 0 aromatic heterocycles. The van der Waals surface area contributed by atoms with Crippen LogP contribution < -0.4 is 0 Å². The summed E-state index contributed by atoms with van der Waals surface area (Å²) in [6, 6.07) is 0. The van der Waals surface area contributed by atoms with Crippen LogP contribution in [0.3, 0.4) is 0 Å². The van der Waals surface area contributed by atoms with Gasteiger partial charge in [0.05, 0.1) is 19.3 Å². The minimum Gasteiger partial charge on any atom is -0.382 e. The van der Waals surface area contributed by atoms with E-state index in [1.165, 1.54) is 0 Å². The lowest BCUT2D eigenvalue weighted by molar-refractivity contribution is -0.350. The fourth-order valence-electron chi connectivity index (χ4n) is 4.40. The van der Waals surface area contributed by atoms with Crippen LogP contribution in [-0.4, -0.2) is 124 Å². The molecule has 2 saturated heterocycles. The molecule has 2 rings (SSSR count). The first kappa shape index (κ1) is 25.9. The maximum Gasteiger partial charge on any atom is 0.187 e. The van der Waals surface area contributed by atoms with Gasteiger partial charge in [-0.05, 0) is 6.92 Å². The van der Waals surface area contributed by atoms with E-state index in [9.17, 15) is 0 Å². The predicted octanol–water partition coefficient (Wildman–Crippen LogP) is 0.252. The maximum absolute atomic E-state index is 6.44. The molecule has 2 fully saturated rings. The van der Waals surface area contributed by atoms with Gasteiger partial charge in [-0.25, -0.2) is 0 Å². The molecule has 10 nitrogen and oxygen atoms in total. The van der Waals surface area contributed by atoms with E-state index in [0.717, 1.165) is 0 Å². The van der Waals surface area contributed by atoms with Gasteiger partial charge in [0.1, 0.15) is 48.8 Å². The normalized spacial score (nSPS) is 42.4. The average molecular weight is 439 g/mol. The molecule has 2 aliphatic heterocycles. The second-order valence-corrected chi connectivity index (χ2v) is 7.44. The molecule has 0 aliphatic carbocycles. The third-order valence-electron chi connectivity index (χ3n) is 5.77. The molecule has 30 heavy (non-hydrogen) atoms. The van der Waals surface area contributed by atoms with Gasteiger partial charge >= 0.3 is 0 Å². The summed E-state index contributed by atoms with van der Waals surface area (Å²) in [6.07, 6.45) is -4.38. The number of hydrogen-bond acceptors (Lipinski definition) is 10. The van der Waals surface area contributed by atoms with Crippen molar-refractivity contribution in [1.82, 2.24) is 0 Å². The van der Waals surface area contributed by atoms with Gasteiger partial charge in [0.25, 0.3) is 0 Å². The van der Waals surface area contributed by atoms with E-state index in [2.05, 4.69) is 0 Å². The summed E-state index contributed by atoms with van der Waals surface area (Å²) in [5.41, 5.74) is 0. The smallest absolute Gasteiger partial charge is 0.187 e. The first-order valence-corrected chi connectivity index (χ1v) is 10.1. The molecule has 2 heterocycles. The van der Waals surface area contributed by atoms with Gasteiger partial charge in [-0.3, -0.25) is 0 Å². The summed E-state index contributed by atoms with van der Waals surface area (Å²) in [5, 5.41) is 0. The van der Waals surface area contributed by atoms with Crippen molar-refractivity contribution in [3.8, 4) is 0 Å². The molecule has 0 saturated carbocycles. The summed E-state index contributed by atoms with van der Waals surface area (Å²) in [6.45, 7) is 2.57. The largest absolute Gasteiger partial charge is 0.382 e. The topological polar surface area (TPSA) is 92.3 Å². The third-order valence-corrected chi connectivity index (χ3v) is 5.77. The van der Waals surface area contributed by atoms with Gasteiger partial charge in [0.2, 0.25) is 0 Å². The second kappa shape index (κ2) is 12.6. The highest BCUT2D eigenvalue weighted by Gasteiger charge is 2.52. The minimum atomic E-state index is -0.775. The summed E-state index contributed by atoms with van der Waals surface area (Å²) in [5.74, 6) is 0. The summed E-state index contributed by atoms with van der Waals surface area (Å²) in [4.78, 5) is 0. The van der Waals surface area contributed by atoms with Gasteiger partial charge in [-0.2, -0.15) is 0 Å². The summed E-state index contributed by atoms with van der Waals surface area (Å²) < 4.78 is 57.9. The quantitative estimate of drug-likeness (QED) is 0.447. The van der Waals surface area contributed by atoms with Crippen molar-refractivity contribution in [1.29, 1.82) is 0 Å². The van der Waals surface area contributed by atoms with Crippen LogP contribution in [0.15, 0.2) is 0 Å².